The van der Waals surface area contributed by atoms with Crippen LogP contribution in [0.25, 0.3) is 0 Å². The summed E-state index contributed by atoms with van der Waals surface area (Å²) < 4.78 is 0. The van der Waals surface area contributed by atoms with Gasteiger partial charge in [0, 0.05) is 12.8 Å². The predicted octanol–water partition coefficient (Wildman–Crippen LogP) is 3.53. The van der Waals surface area contributed by atoms with Crippen LogP contribution in [0.4, 0.5) is 0 Å². The molecule has 0 N–H and O–H groups in total. The van der Waals surface area contributed by atoms with Gasteiger partial charge >= 0.3 is 0 Å². The molecular formula is C14H18O. The van der Waals surface area contributed by atoms with Gasteiger partial charge in [0.05, 0.1) is 0 Å². The Morgan fingerprint density at radius 1 is 1.20 bits per heavy atom. The van der Waals surface area contributed by atoms with Crippen LogP contribution in [-0.4, -0.2) is 5.78 Å². The van der Waals surface area contributed by atoms with Crippen LogP contribution >= 0.6 is 0 Å². The van der Waals surface area contributed by atoms with Gasteiger partial charge < -0.3 is 0 Å². The molecule has 0 radical (unpaired) electrons. The molecule has 0 bridgehead atoms. The lowest BCUT2D eigenvalue weighted by atomic mass is 9.80. The Kier molecular flexibility index (Phi) is 2.90. The summed E-state index contributed by atoms with van der Waals surface area (Å²) in [5.41, 5.74) is 4.11. The number of ketones is 1. The van der Waals surface area contributed by atoms with E-state index in [1.54, 1.807) is 0 Å². The Bertz CT molecular complexity index is 359. The van der Waals surface area contributed by atoms with E-state index in [9.17, 15) is 4.79 Å². The molecule has 0 aliphatic heterocycles. The van der Waals surface area contributed by atoms with Crippen LogP contribution in [0.5, 0.6) is 0 Å². The fraction of sp³-hybridized carbons (Fsp3) is 0.500. The Morgan fingerprint density at radius 3 is 2.47 bits per heavy atom. The average molecular weight is 202 g/mol. The molecular weight excluding hydrogens is 184 g/mol. The fourth-order valence-corrected chi connectivity index (χ4v) is 2.74. The van der Waals surface area contributed by atoms with Crippen LogP contribution in [0.3, 0.4) is 0 Å². The molecule has 1 atom stereocenters. The molecule has 1 fully saturated rings. The van der Waals surface area contributed by atoms with Crippen molar-refractivity contribution in [1.29, 1.82) is 0 Å². The minimum Gasteiger partial charge on any atom is -0.300 e. The Labute approximate surface area is 91.5 Å². The second-order valence-corrected chi connectivity index (χ2v) is 4.64. The maximum absolute atomic E-state index is 11.5. The maximum Gasteiger partial charge on any atom is 0.133 e. The first-order valence-corrected chi connectivity index (χ1v) is 5.76. The number of carbonyl (C=O) groups is 1. The van der Waals surface area contributed by atoms with E-state index in [0.717, 1.165) is 19.3 Å². The summed E-state index contributed by atoms with van der Waals surface area (Å²) in [5.74, 6) is 0.918. The molecule has 1 heteroatoms. The van der Waals surface area contributed by atoms with Gasteiger partial charge in [-0.25, -0.2) is 0 Å². The van der Waals surface area contributed by atoms with Gasteiger partial charge in [0.1, 0.15) is 5.78 Å². The minimum atomic E-state index is 0.439. The fourth-order valence-electron chi connectivity index (χ4n) is 2.74. The molecule has 80 valence electrons. The summed E-state index contributed by atoms with van der Waals surface area (Å²) in [6, 6.07) is 6.40. The van der Waals surface area contributed by atoms with Crippen molar-refractivity contribution in [1.82, 2.24) is 0 Å². The monoisotopic (exact) mass is 202 g/mol. The van der Waals surface area contributed by atoms with Crippen molar-refractivity contribution in [3.63, 3.8) is 0 Å². The maximum atomic E-state index is 11.5. The zero-order valence-corrected chi connectivity index (χ0v) is 9.55. The highest BCUT2D eigenvalue weighted by Crippen LogP contribution is 2.34. The predicted molar refractivity (Wildman–Crippen MR) is 62.1 cm³/mol. The van der Waals surface area contributed by atoms with Gasteiger partial charge in [0.15, 0.2) is 0 Å². The van der Waals surface area contributed by atoms with E-state index < -0.39 is 0 Å². The molecule has 0 heterocycles. The van der Waals surface area contributed by atoms with Crippen molar-refractivity contribution in [2.24, 2.45) is 0 Å². The molecule has 1 unspecified atom stereocenters. The minimum absolute atomic E-state index is 0.439. The number of aryl methyl sites for hydroxylation is 2. The average Bonchev–Trinajstić information content (AvgIpc) is 2.17. The van der Waals surface area contributed by atoms with Gasteiger partial charge in [0.2, 0.25) is 0 Å². The second kappa shape index (κ2) is 4.18. The summed E-state index contributed by atoms with van der Waals surface area (Å²) >= 11 is 0. The van der Waals surface area contributed by atoms with E-state index in [4.69, 9.17) is 0 Å². The van der Waals surface area contributed by atoms with E-state index in [1.807, 2.05) is 0 Å². The Balaban J connectivity index is 2.32. The largest absolute Gasteiger partial charge is 0.300 e. The first-order valence-electron chi connectivity index (χ1n) is 5.76. The third-order valence-electron chi connectivity index (χ3n) is 3.43. The van der Waals surface area contributed by atoms with Crippen molar-refractivity contribution in [2.75, 3.05) is 0 Å². The number of hydrogen-bond donors (Lipinski definition) is 0. The Morgan fingerprint density at radius 2 is 1.87 bits per heavy atom. The number of benzene rings is 1. The van der Waals surface area contributed by atoms with Crippen LogP contribution in [-0.2, 0) is 4.79 Å². The molecule has 1 aromatic rings. The lowest BCUT2D eigenvalue weighted by Gasteiger charge is -2.24. The summed E-state index contributed by atoms with van der Waals surface area (Å²) in [4.78, 5) is 11.5. The van der Waals surface area contributed by atoms with Gasteiger partial charge in [-0.15, -0.1) is 0 Å². The second-order valence-electron chi connectivity index (χ2n) is 4.64. The lowest BCUT2D eigenvalue weighted by Crippen LogP contribution is -2.15. The number of rotatable bonds is 1. The van der Waals surface area contributed by atoms with Crippen molar-refractivity contribution in [3.8, 4) is 0 Å². The van der Waals surface area contributed by atoms with E-state index in [1.165, 1.54) is 23.1 Å². The highest BCUT2D eigenvalue weighted by atomic mass is 16.1. The number of Topliss-reactive ketones (excluding diaryl/α,β-unsaturated/α-hetero) is 1. The third-order valence-corrected chi connectivity index (χ3v) is 3.43. The van der Waals surface area contributed by atoms with Crippen LogP contribution in [0.1, 0.15) is 48.3 Å². The standard InChI is InChI=1S/C14H18O/c1-10-5-3-6-11(2)14(10)12-7-4-8-13(15)9-12/h3,5-6,12H,4,7-9H2,1-2H3. The summed E-state index contributed by atoms with van der Waals surface area (Å²) in [6.45, 7) is 4.31. The van der Waals surface area contributed by atoms with Crippen LogP contribution in [0, 0.1) is 13.8 Å². The highest BCUT2D eigenvalue weighted by molar-refractivity contribution is 5.80. The van der Waals surface area contributed by atoms with E-state index >= 15 is 0 Å². The lowest BCUT2D eigenvalue weighted by molar-refractivity contribution is -0.120. The van der Waals surface area contributed by atoms with Crippen LogP contribution in [0.2, 0.25) is 0 Å². The summed E-state index contributed by atoms with van der Waals surface area (Å²) in [7, 11) is 0. The molecule has 0 spiro atoms. The molecule has 0 aromatic heterocycles. The molecule has 0 saturated heterocycles. The van der Waals surface area contributed by atoms with E-state index in [-0.39, 0.29) is 0 Å². The molecule has 0 amide bonds. The number of hydrogen-bond acceptors (Lipinski definition) is 1. The first-order chi connectivity index (χ1) is 7.18. The van der Waals surface area contributed by atoms with Crippen LogP contribution in [0.15, 0.2) is 18.2 Å². The third kappa shape index (κ3) is 2.11. The van der Waals surface area contributed by atoms with Gasteiger partial charge in [-0.05, 0) is 49.3 Å². The topological polar surface area (TPSA) is 17.1 Å². The molecule has 1 nitrogen and oxygen atoms in total. The molecule has 15 heavy (non-hydrogen) atoms. The quantitative estimate of drug-likeness (QED) is 0.681. The van der Waals surface area contributed by atoms with Crippen molar-refractivity contribution >= 4 is 5.78 Å². The number of carbonyl (C=O) groups excluding carboxylic acids is 1. The SMILES string of the molecule is Cc1cccc(C)c1C1CCCC(=O)C1. The molecule has 1 aromatic carbocycles. The zero-order valence-electron chi connectivity index (χ0n) is 9.55. The highest BCUT2D eigenvalue weighted by Gasteiger charge is 2.23. The molecule has 1 aliphatic carbocycles. The first kappa shape index (κ1) is 10.4. The van der Waals surface area contributed by atoms with Gasteiger partial charge in [-0.1, -0.05) is 18.2 Å². The van der Waals surface area contributed by atoms with Gasteiger partial charge in [-0.3, -0.25) is 4.79 Å². The van der Waals surface area contributed by atoms with Crippen molar-refractivity contribution in [3.05, 3.63) is 34.9 Å². The van der Waals surface area contributed by atoms with E-state index in [0.29, 0.717) is 11.7 Å². The van der Waals surface area contributed by atoms with Crippen LogP contribution < -0.4 is 0 Å². The molecule has 1 aliphatic rings. The van der Waals surface area contributed by atoms with Gasteiger partial charge in [0.25, 0.3) is 0 Å². The van der Waals surface area contributed by atoms with Crippen molar-refractivity contribution in [2.45, 2.75) is 45.4 Å². The normalized spacial score (nSPS) is 21.7. The van der Waals surface area contributed by atoms with E-state index in [2.05, 4.69) is 32.0 Å². The summed E-state index contributed by atoms with van der Waals surface area (Å²) in [5, 5.41) is 0. The Hall–Kier alpha value is -1.11. The summed E-state index contributed by atoms with van der Waals surface area (Å²) in [6.07, 6.45) is 3.79. The molecule has 2 rings (SSSR count). The van der Waals surface area contributed by atoms with Crippen molar-refractivity contribution < 1.29 is 4.79 Å². The molecule has 1 saturated carbocycles. The smallest absolute Gasteiger partial charge is 0.133 e. The van der Waals surface area contributed by atoms with Gasteiger partial charge in [-0.2, -0.15) is 0 Å². The zero-order chi connectivity index (χ0) is 10.8.